The summed E-state index contributed by atoms with van der Waals surface area (Å²) in [5, 5.41) is 6.87. The Morgan fingerprint density at radius 2 is 1.76 bits per heavy atom. The summed E-state index contributed by atoms with van der Waals surface area (Å²) < 4.78 is 5.41. The number of rotatable bonds is 4. The van der Waals surface area contributed by atoms with Crippen molar-refractivity contribution in [2.24, 2.45) is 5.92 Å². The zero-order valence-corrected chi connectivity index (χ0v) is 20.3. The Kier molecular flexibility index (Phi) is 7.25. The molecule has 1 aliphatic carbocycles. The van der Waals surface area contributed by atoms with Gasteiger partial charge in [-0.05, 0) is 65.2 Å². The van der Waals surface area contributed by atoms with Crippen molar-refractivity contribution in [3.05, 3.63) is 41.6 Å². The Labute approximate surface area is 195 Å². The quantitative estimate of drug-likeness (QED) is 0.737. The predicted molar refractivity (Wildman–Crippen MR) is 127 cm³/mol. The van der Waals surface area contributed by atoms with E-state index in [1.165, 1.54) is 0 Å². The van der Waals surface area contributed by atoms with Gasteiger partial charge in [0.25, 0.3) is 5.91 Å². The van der Waals surface area contributed by atoms with Crippen LogP contribution in [0, 0.1) is 12.8 Å². The van der Waals surface area contributed by atoms with Gasteiger partial charge in [-0.1, -0.05) is 17.7 Å². The minimum absolute atomic E-state index is 0.0160. The van der Waals surface area contributed by atoms with Crippen LogP contribution >= 0.6 is 0 Å². The van der Waals surface area contributed by atoms with Crippen molar-refractivity contribution in [3.8, 4) is 0 Å². The van der Waals surface area contributed by atoms with Crippen LogP contribution in [-0.2, 0) is 9.53 Å². The fraction of sp³-hybridized carbons (Fsp3) is 0.520. The number of carbonyl (C=O) groups is 3. The standard InChI is InChI=1S/C25H34N4O4/c1-15-7-10-18-16(13-15)8-12-20(26-18)22(30)27-19-11-9-17(23(31)29(5)6)14-21(19)28-24(32)33-25(2,3)4/h7-8,10,12-13,17,19,21H,9,11,14H2,1-6H3,(H,27,30)(H,28,32)/t17-,19-,21+/m0/s1. The fourth-order valence-corrected chi connectivity index (χ4v) is 4.17. The molecule has 2 aromatic rings. The molecule has 0 spiro atoms. The third kappa shape index (κ3) is 6.43. The zero-order chi connectivity index (χ0) is 24.3. The number of fused-ring (bicyclic) bond motifs is 1. The van der Waals surface area contributed by atoms with E-state index in [1.807, 2.05) is 31.2 Å². The van der Waals surface area contributed by atoms with Crippen molar-refractivity contribution >= 4 is 28.8 Å². The summed E-state index contributed by atoms with van der Waals surface area (Å²) in [6.07, 6.45) is 1.04. The Morgan fingerprint density at radius 1 is 1.03 bits per heavy atom. The van der Waals surface area contributed by atoms with Gasteiger partial charge >= 0.3 is 6.09 Å². The SMILES string of the molecule is Cc1ccc2nc(C(=O)N[C@H]3CC[C@H](C(=O)N(C)C)C[C@H]3NC(=O)OC(C)(C)C)ccc2c1. The van der Waals surface area contributed by atoms with Gasteiger partial charge in [0.2, 0.25) is 5.91 Å². The maximum absolute atomic E-state index is 13.0. The summed E-state index contributed by atoms with van der Waals surface area (Å²) in [7, 11) is 3.44. The first-order valence-corrected chi connectivity index (χ1v) is 11.3. The van der Waals surface area contributed by atoms with E-state index in [-0.39, 0.29) is 23.8 Å². The van der Waals surface area contributed by atoms with Gasteiger partial charge in [0.15, 0.2) is 0 Å². The minimum Gasteiger partial charge on any atom is -0.444 e. The van der Waals surface area contributed by atoms with Gasteiger partial charge in [0.1, 0.15) is 11.3 Å². The fourth-order valence-electron chi connectivity index (χ4n) is 4.17. The van der Waals surface area contributed by atoms with Crippen molar-refractivity contribution in [2.75, 3.05) is 14.1 Å². The van der Waals surface area contributed by atoms with Crippen LogP contribution in [0.4, 0.5) is 4.79 Å². The van der Waals surface area contributed by atoms with Gasteiger partial charge in [-0.25, -0.2) is 9.78 Å². The van der Waals surface area contributed by atoms with Crippen LogP contribution in [-0.4, -0.2) is 59.6 Å². The molecule has 3 amide bonds. The van der Waals surface area contributed by atoms with Crippen LogP contribution in [0.5, 0.6) is 0 Å². The minimum atomic E-state index is -0.649. The van der Waals surface area contributed by atoms with Crippen LogP contribution in [0.15, 0.2) is 30.3 Å². The summed E-state index contributed by atoms with van der Waals surface area (Å²) in [5.41, 5.74) is 1.54. The third-order valence-electron chi connectivity index (χ3n) is 5.74. The second-order valence-corrected chi connectivity index (χ2v) is 9.97. The highest BCUT2D eigenvalue weighted by molar-refractivity contribution is 5.95. The topological polar surface area (TPSA) is 101 Å². The molecule has 1 fully saturated rings. The molecule has 0 unspecified atom stereocenters. The number of aromatic nitrogens is 1. The number of amides is 3. The lowest BCUT2D eigenvalue weighted by molar-refractivity contribution is -0.134. The summed E-state index contributed by atoms with van der Waals surface area (Å²) in [6, 6.07) is 8.68. The molecule has 1 aliphatic rings. The van der Waals surface area contributed by atoms with E-state index >= 15 is 0 Å². The number of hydrogen-bond acceptors (Lipinski definition) is 5. The average Bonchev–Trinajstić information content (AvgIpc) is 2.72. The first-order valence-electron chi connectivity index (χ1n) is 11.3. The van der Waals surface area contributed by atoms with E-state index < -0.39 is 17.7 Å². The average molecular weight is 455 g/mol. The second kappa shape index (κ2) is 9.77. The maximum atomic E-state index is 13.0. The van der Waals surface area contributed by atoms with Gasteiger partial charge in [-0.2, -0.15) is 0 Å². The molecule has 0 aliphatic heterocycles. The lowest BCUT2D eigenvalue weighted by atomic mass is 9.81. The summed E-state index contributed by atoms with van der Waals surface area (Å²) in [4.78, 5) is 44.1. The Bertz CT molecular complexity index is 1040. The summed E-state index contributed by atoms with van der Waals surface area (Å²) in [6.45, 7) is 7.38. The van der Waals surface area contributed by atoms with Crippen molar-refractivity contribution in [1.29, 1.82) is 0 Å². The number of pyridine rings is 1. The van der Waals surface area contributed by atoms with Gasteiger partial charge in [0.05, 0.1) is 11.6 Å². The molecule has 8 nitrogen and oxygen atoms in total. The molecule has 0 saturated heterocycles. The highest BCUT2D eigenvalue weighted by Crippen LogP contribution is 2.27. The highest BCUT2D eigenvalue weighted by atomic mass is 16.6. The van der Waals surface area contributed by atoms with E-state index in [0.29, 0.717) is 25.0 Å². The van der Waals surface area contributed by atoms with Gasteiger partial charge in [-0.15, -0.1) is 0 Å². The van der Waals surface area contributed by atoms with E-state index in [4.69, 9.17) is 4.74 Å². The number of aryl methyl sites for hydroxylation is 1. The van der Waals surface area contributed by atoms with Crippen LogP contribution in [0.2, 0.25) is 0 Å². The van der Waals surface area contributed by atoms with Crippen molar-refractivity contribution in [1.82, 2.24) is 20.5 Å². The third-order valence-corrected chi connectivity index (χ3v) is 5.74. The van der Waals surface area contributed by atoms with E-state index in [1.54, 1.807) is 45.8 Å². The van der Waals surface area contributed by atoms with Crippen LogP contribution < -0.4 is 10.6 Å². The molecule has 0 radical (unpaired) electrons. The number of alkyl carbamates (subject to hydrolysis) is 1. The normalized spacial score (nSPS) is 20.7. The molecule has 1 aromatic carbocycles. The van der Waals surface area contributed by atoms with E-state index in [9.17, 15) is 14.4 Å². The molecular weight excluding hydrogens is 420 g/mol. The maximum Gasteiger partial charge on any atom is 0.407 e. The second-order valence-electron chi connectivity index (χ2n) is 9.97. The number of ether oxygens (including phenoxy) is 1. The number of nitrogens with zero attached hydrogens (tertiary/aromatic N) is 2. The molecule has 1 heterocycles. The molecule has 3 rings (SSSR count). The summed E-state index contributed by atoms with van der Waals surface area (Å²) in [5.74, 6) is -0.520. The summed E-state index contributed by atoms with van der Waals surface area (Å²) >= 11 is 0. The molecule has 3 atom stereocenters. The van der Waals surface area contributed by atoms with Crippen LogP contribution in [0.25, 0.3) is 10.9 Å². The largest absolute Gasteiger partial charge is 0.444 e. The van der Waals surface area contributed by atoms with E-state index in [2.05, 4.69) is 15.6 Å². The molecule has 2 N–H and O–H groups in total. The van der Waals surface area contributed by atoms with Crippen LogP contribution in [0.3, 0.4) is 0 Å². The first kappa shape index (κ1) is 24.5. The molecule has 8 heteroatoms. The number of benzene rings is 1. The number of hydrogen-bond donors (Lipinski definition) is 2. The van der Waals surface area contributed by atoms with Gasteiger partial charge in [-0.3, -0.25) is 9.59 Å². The Morgan fingerprint density at radius 3 is 2.42 bits per heavy atom. The van der Waals surface area contributed by atoms with Gasteiger partial charge in [0, 0.05) is 31.4 Å². The van der Waals surface area contributed by atoms with Crippen molar-refractivity contribution in [2.45, 2.75) is 64.6 Å². The number of nitrogens with one attached hydrogen (secondary N) is 2. The molecule has 0 bridgehead atoms. The molecule has 1 aromatic heterocycles. The monoisotopic (exact) mass is 454 g/mol. The predicted octanol–water partition coefficient (Wildman–Crippen LogP) is 3.42. The van der Waals surface area contributed by atoms with Gasteiger partial charge < -0.3 is 20.3 Å². The zero-order valence-electron chi connectivity index (χ0n) is 20.3. The smallest absolute Gasteiger partial charge is 0.407 e. The molecular formula is C25H34N4O4. The Balaban J connectivity index is 1.76. The lowest BCUT2D eigenvalue weighted by Gasteiger charge is -2.37. The molecule has 33 heavy (non-hydrogen) atoms. The van der Waals surface area contributed by atoms with E-state index in [0.717, 1.165) is 16.5 Å². The van der Waals surface area contributed by atoms with Crippen LogP contribution in [0.1, 0.15) is 56.1 Å². The molecule has 1 saturated carbocycles. The first-order chi connectivity index (χ1) is 15.4. The number of carbonyl (C=O) groups excluding carboxylic acids is 3. The lowest BCUT2D eigenvalue weighted by Crippen LogP contribution is -2.56. The highest BCUT2D eigenvalue weighted by Gasteiger charge is 2.37. The van der Waals surface area contributed by atoms with Crippen molar-refractivity contribution < 1.29 is 19.1 Å². The Hall–Kier alpha value is -3.16. The molecule has 178 valence electrons. The van der Waals surface area contributed by atoms with Crippen molar-refractivity contribution in [3.63, 3.8) is 0 Å².